The van der Waals surface area contributed by atoms with E-state index in [1.54, 1.807) is 30.1 Å². The van der Waals surface area contributed by atoms with Crippen molar-refractivity contribution >= 4 is 17.5 Å². The molecule has 1 N–H and O–H groups in total. The predicted octanol–water partition coefficient (Wildman–Crippen LogP) is 2.84. The highest BCUT2D eigenvalue weighted by atomic mass is 16.5. The molecule has 0 aliphatic carbocycles. The molecule has 0 unspecified atom stereocenters. The molecule has 1 fully saturated rings. The number of amides is 2. The van der Waals surface area contributed by atoms with Crippen molar-refractivity contribution < 1.29 is 19.1 Å². The van der Waals surface area contributed by atoms with Crippen LogP contribution < -0.4 is 10.1 Å². The molecule has 2 heterocycles. The van der Waals surface area contributed by atoms with E-state index in [-0.39, 0.29) is 11.8 Å². The first-order chi connectivity index (χ1) is 13.6. The number of nitrogens with one attached hydrogen (secondary N) is 1. The normalized spacial score (nSPS) is 18.6. The molecule has 2 aromatic carbocycles. The van der Waals surface area contributed by atoms with E-state index >= 15 is 0 Å². The lowest BCUT2D eigenvalue weighted by Gasteiger charge is -2.36. The Balaban J connectivity index is 1.64. The number of carbonyl (C=O) groups is 2. The smallest absolute Gasteiger partial charge is 0.257 e. The van der Waals surface area contributed by atoms with Crippen molar-refractivity contribution in [3.8, 4) is 5.75 Å². The highest BCUT2D eigenvalue weighted by Gasteiger charge is 2.41. The van der Waals surface area contributed by atoms with Crippen molar-refractivity contribution in [1.82, 2.24) is 4.90 Å². The summed E-state index contributed by atoms with van der Waals surface area (Å²) in [7, 11) is 1.75. The first-order valence-corrected chi connectivity index (χ1v) is 9.57. The molecule has 0 spiro atoms. The number of ether oxygens (including phenoxy) is 2. The molecule has 0 saturated carbocycles. The fourth-order valence-corrected chi connectivity index (χ4v) is 3.88. The fourth-order valence-electron chi connectivity index (χ4n) is 3.88. The van der Waals surface area contributed by atoms with Crippen molar-refractivity contribution in [2.45, 2.75) is 18.3 Å². The van der Waals surface area contributed by atoms with Gasteiger partial charge in [0.05, 0.1) is 17.5 Å². The van der Waals surface area contributed by atoms with Crippen molar-refractivity contribution in [3.05, 3.63) is 59.7 Å². The lowest BCUT2D eigenvalue weighted by Crippen LogP contribution is -2.44. The number of fused-ring (bicyclic) bond motifs is 1. The quantitative estimate of drug-likeness (QED) is 0.889. The molecule has 2 aliphatic rings. The van der Waals surface area contributed by atoms with Gasteiger partial charge in [0, 0.05) is 25.9 Å². The fraction of sp³-hybridized carbons (Fsp3) is 0.364. The van der Waals surface area contributed by atoms with Crippen LogP contribution in [0.1, 0.15) is 28.8 Å². The van der Waals surface area contributed by atoms with Crippen LogP contribution in [0.15, 0.2) is 48.5 Å². The average Bonchev–Trinajstić information content (AvgIpc) is 2.88. The summed E-state index contributed by atoms with van der Waals surface area (Å²) >= 11 is 0. The Labute approximate surface area is 164 Å². The van der Waals surface area contributed by atoms with Gasteiger partial charge in [0.25, 0.3) is 5.91 Å². The molecule has 2 amide bonds. The van der Waals surface area contributed by atoms with Gasteiger partial charge in [-0.1, -0.05) is 30.3 Å². The Kier molecular flexibility index (Phi) is 5.05. The van der Waals surface area contributed by atoms with Gasteiger partial charge in [0.15, 0.2) is 0 Å². The predicted molar refractivity (Wildman–Crippen MR) is 106 cm³/mol. The van der Waals surface area contributed by atoms with Crippen LogP contribution in [-0.4, -0.2) is 50.1 Å². The molecule has 28 heavy (non-hydrogen) atoms. The molecular formula is C22H24N2O4. The number of hydrogen-bond acceptors (Lipinski definition) is 4. The number of anilines is 1. The zero-order chi connectivity index (χ0) is 19.6. The molecule has 6 nitrogen and oxygen atoms in total. The first kappa shape index (κ1) is 18.5. The van der Waals surface area contributed by atoms with Crippen molar-refractivity contribution in [2.24, 2.45) is 0 Å². The third-order valence-corrected chi connectivity index (χ3v) is 5.61. The summed E-state index contributed by atoms with van der Waals surface area (Å²) in [5.41, 5.74) is 1.42. The lowest BCUT2D eigenvalue weighted by atomic mass is 9.73. The van der Waals surface area contributed by atoms with Crippen LogP contribution in [0.4, 0.5) is 5.69 Å². The maximum Gasteiger partial charge on any atom is 0.257 e. The van der Waals surface area contributed by atoms with Crippen LogP contribution >= 0.6 is 0 Å². The van der Waals surface area contributed by atoms with Gasteiger partial charge in [-0.15, -0.1) is 0 Å². The molecule has 0 atom stereocenters. The van der Waals surface area contributed by atoms with E-state index in [2.05, 4.69) is 5.32 Å². The van der Waals surface area contributed by atoms with Crippen molar-refractivity contribution in [3.63, 3.8) is 0 Å². The Bertz CT molecular complexity index is 875. The monoisotopic (exact) mass is 380 g/mol. The van der Waals surface area contributed by atoms with Gasteiger partial charge in [0.1, 0.15) is 12.4 Å². The number of likely N-dealkylation sites (N-methyl/N-ethyl adjacent to an activating group) is 1. The van der Waals surface area contributed by atoms with E-state index in [9.17, 15) is 9.59 Å². The number of carbonyl (C=O) groups excluding carboxylic acids is 2. The second-order valence-electron chi connectivity index (χ2n) is 7.30. The van der Waals surface area contributed by atoms with Crippen molar-refractivity contribution in [2.75, 3.05) is 38.7 Å². The van der Waals surface area contributed by atoms with Gasteiger partial charge in [-0.05, 0) is 36.6 Å². The largest absolute Gasteiger partial charge is 0.491 e. The Morgan fingerprint density at radius 1 is 1.07 bits per heavy atom. The van der Waals surface area contributed by atoms with Crippen LogP contribution in [0.3, 0.4) is 0 Å². The third-order valence-electron chi connectivity index (χ3n) is 5.61. The zero-order valence-corrected chi connectivity index (χ0v) is 15.9. The Morgan fingerprint density at radius 2 is 1.82 bits per heavy atom. The van der Waals surface area contributed by atoms with E-state index in [1.807, 2.05) is 30.3 Å². The minimum Gasteiger partial charge on any atom is -0.491 e. The highest BCUT2D eigenvalue weighted by Crippen LogP contribution is 2.36. The summed E-state index contributed by atoms with van der Waals surface area (Å²) in [6.45, 7) is 2.08. The van der Waals surface area contributed by atoms with Gasteiger partial charge in [-0.2, -0.15) is 0 Å². The summed E-state index contributed by atoms with van der Waals surface area (Å²) in [6, 6.07) is 15.1. The second-order valence-corrected chi connectivity index (χ2v) is 7.30. The molecule has 1 saturated heterocycles. The second kappa shape index (κ2) is 7.64. The van der Waals surface area contributed by atoms with Crippen molar-refractivity contribution in [1.29, 1.82) is 0 Å². The minimum atomic E-state index is -0.635. The summed E-state index contributed by atoms with van der Waals surface area (Å²) in [5.74, 6) is 0.376. The SMILES string of the molecule is CN1CCOc2ccc(NC(=O)C3(c4ccccc4)CCOCC3)cc2C1=O. The molecular weight excluding hydrogens is 356 g/mol. The van der Waals surface area contributed by atoms with Gasteiger partial charge in [0.2, 0.25) is 5.91 Å². The van der Waals surface area contributed by atoms with Gasteiger partial charge in [-0.25, -0.2) is 0 Å². The highest BCUT2D eigenvalue weighted by molar-refractivity contribution is 6.02. The maximum absolute atomic E-state index is 13.4. The van der Waals surface area contributed by atoms with Crippen LogP contribution in [-0.2, 0) is 14.9 Å². The first-order valence-electron chi connectivity index (χ1n) is 9.57. The topological polar surface area (TPSA) is 67.9 Å². The van der Waals surface area contributed by atoms with E-state index in [1.165, 1.54) is 0 Å². The average molecular weight is 380 g/mol. The van der Waals surface area contributed by atoms with E-state index in [0.29, 0.717) is 56.2 Å². The summed E-state index contributed by atoms with van der Waals surface area (Å²) in [5, 5.41) is 3.04. The number of nitrogens with zero attached hydrogens (tertiary/aromatic N) is 1. The van der Waals surface area contributed by atoms with Gasteiger partial charge >= 0.3 is 0 Å². The van der Waals surface area contributed by atoms with E-state index in [0.717, 1.165) is 5.56 Å². The third kappa shape index (κ3) is 3.36. The molecule has 0 radical (unpaired) electrons. The van der Waals surface area contributed by atoms with Crippen LogP contribution in [0.5, 0.6) is 5.75 Å². The van der Waals surface area contributed by atoms with Gasteiger partial charge < -0.3 is 19.7 Å². The molecule has 0 aromatic heterocycles. The number of benzene rings is 2. The van der Waals surface area contributed by atoms with E-state index in [4.69, 9.17) is 9.47 Å². The summed E-state index contributed by atoms with van der Waals surface area (Å²) in [6.07, 6.45) is 1.25. The minimum absolute atomic E-state index is 0.0720. The standard InChI is InChI=1S/C22H24N2O4/c1-24-11-14-28-19-8-7-17(15-18(19)20(24)25)23-21(26)22(9-12-27-13-10-22)16-5-3-2-4-6-16/h2-8,15H,9-14H2,1H3,(H,23,26). The zero-order valence-electron chi connectivity index (χ0n) is 15.9. The number of rotatable bonds is 3. The molecule has 6 heteroatoms. The number of hydrogen-bond donors (Lipinski definition) is 1. The lowest BCUT2D eigenvalue weighted by molar-refractivity contribution is -0.125. The van der Waals surface area contributed by atoms with Crippen LogP contribution in [0, 0.1) is 0 Å². The maximum atomic E-state index is 13.4. The summed E-state index contributed by atoms with van der Waals surface area (Å²) < 4.78 is 11.2. The summed E-state index contributed by atoms with van der Waals surface area (Å²) in [4.78, 5) is 27.6. The van der Waals surface area contributed by atoms with Crippen LogP contribution in [0.25, 0.3) is 0 Å². The Morgan fingerprint density at radius 3 is 2.57 bits per heavy atom. The molecule has 146 valence electrons. The molecule has 2 aliphatic heterocycles. The molecule has 4 rings (SSSR count). The van der Waals surface area contributed by atoms with Gasteiger partial charge in [-0.3, -0.25) is 9.59 Å². The Hall–Kier alpha value is -2.86. The molecule has 0 bridgehead atoms. The van der Waals surface area contributed by atoms with E-state index < -0.39 is 5.41 Å². The molecule has 2 aromatic rings. The van der Waals surface area contributed by atoms with Crippen LogP contribution in [0.2, 0.25) is 0 Å².